The van der Waals surface area contributed by atoms with Crippen LogP contribution in [0.3, 0.4) is 0 Å². The number of carbonyl (C=O) groups excluding carboxylic acids is 1. The third-order valence-electron chi connectivity index (χ3n) is 6.68. The van der Waals surface area contributed by atoms with Gasteiger partial charge in [0.2, 0.25) is 0 Å². The number of methoxy groups -OCH3 is 1. The van der Waals surface area contributed by atoms with Gasteiger partial charge in [-0.1, -0.05) is 0 Å². The molecular weight excluding hydrogens is 452 g/mol. The van der Waals surface area contributed by atoms with E-state index in [1.807, 2.05) is 72.9 Å². The number of carbonyl (C=O) groups is 1. The molecule has 0 N–H and O–H groups in total. The van der Waals surface area contributed by atoms with Crippen molar-refractivity contribution in [2.45, 2.75) is 66.0 Å². The number of aryl methyl sites for hydroxylation is 2. The van der Waals surface area contributed by atoms with Crippen LogP contribution in [-0.4, -0.2) is 46.2 Å². The Bertz CT molecular complexity index is 1370. The highest BCUT2D eigenvalue weighted by molar-refractivity contribution is 5.95. The molecule has 0 aliphatic carbocycles. The third-order valence-corrected chi connectivity index (χ3v) is 6.68. The number of hydrogen-bond acceptors (Lipinski definition) is 5. The molecule has 0 spiro atoms. The van der Waals surface area contributed by atoms with Crippen molar-refractivity contribution in [3.05, 3.63) is 58.4 Å². The van der Waals surface area contributed by atoms with Crippen molar-refractivity contribution in [2.75, 3.05) is 14.2 Å². The fourth-order valence-electron chi connectivity index (χ4n) is 4.50. The number of rotatable bonds is 5. The zero-order chi connectivity index (χ0) is 26.4. The summed E-state index contributed by atoms with van der Waals surface area (Å²) in [6.45, 7) is 12.0. The minimum Gasteiger partial charge on any atom is -0.493 e. The fourth-order valence-corrected chi connectivity index (χ4v) is 4.50. The minimum atomic E-state index is -0.351. The lowest BCUT2D eigenvalue weighted by Crippen LogP contribution is -2.43. The number of aromatic nitrogens is 2. The van der Waals surface area contributed by atoms with Crippen LogP contribution in [0.25, 0.3) is 17.1 Å². The van der Waals surface area contributed by atoms with Gasteiger partial charge in [0.25, 0.3) is 5.91 Å². The summed E-state index contributed by atoms with van der Waals surface area (Å²) in [4.78, 5) is 20.4. The number of fused-ring (bicyclic) bond motifs is 3. The number of ether oxygens (including phenoxy) is 2. The van der Waals surface area contributed by atoms with E-state index in [-0.39, 0.29) is 17.6 Å². The lowest BCUT2D eigenvalue weighted by Gasteiger charge is -2.32. The molecule has 0 saturated carbocycles. The van der Waals surface area contributed by atoms with Gasteiger partial charge in [-0.25, -0.2) is 4.98 Å². The predicted octanol–water partition coefficient (Wildman–Crippen LogP) is 5.48. The van der Waals surface area contributed by atoms with E-state index in [1.165, 1.54) is 0 Å². The van der Waals surface area contributed by atoms with Crippen molar-refractivity contribution < 1.29 is 14.3 Å². The van der Waals surface area contributed by atoms with Crippen molar-refractivity contribution in [1.29, 1.82) is 5.26 Å². The van der Waals surface area contributed by atoms with E-state index in [4.69, 9.17) is 14.5 Å². The van der Waals surface area contributed by atoms with Crippen LogP contribution < -0.4 is 9.47 Å². The van der Waals surface area contributed by atoms with E-state index in [9.17, 15) is 10.1 Å². The first-order valence-corrected chi connectivity index (χ1v) is 12.2. The Morgan fingerprint density at radius 2 is 1.89 bits per heavy atom. The van der Waals surface area contributed by atoms with E-state index in [0.29, 0.717) is 35.0 Å². The van der Waals surface area contributed by atoms with Crippen molar-refractivity contribution in [3.63, 3.8) is 0 Å². The van der Waals surface area contributed by atoms with Gasteiger partial charge >= 0.3 is 0 Å². The molecule has 4 rings (SSSR count). The van der Waals surface area contributed by atoms with Crippen molar-refractivity contribution in [2.24, 2.45) is 0 Å². The zero-order valence-corrected chi connectivity index (χ0v) is 22.4. The lowest BCUT2D eigenvalue weighted by atomic mass is 9.98. The van der Waals surface area contributed by atoms with E-state index in [1.54, 1.807) is 18.1 Å². The molecule has 36 heavy (non-hydrogen) atoms. The molecule has 188 valence electrons. The summed E-state index contributed by atoms with van der Waals surface area (Å²) >= 11 is 0. The number of amides is 1. The largest absolute Gasteiger partial charge is 0.493 e. The smallest absolute Gasteiger partial charge is 0.274 e. The molecule has 0 fully saturated rings. The van der Waals surface area contributed by atoms with E-state index < -0.39 is 0 Å². The molecule has 1 aliphatic heterocycles. The summed E-state index contributed by atoms with van der Waals surface area (Å²) in [5.74, 6) is 1.90. The number of benzene rings is 2. The maximum absolute atomic E-state index is 13.7. The van der Waals surface area contributed by atoms with E-state index >= 15 is 0 Å². The SMILES string of the molecule is COc1cc2c(cc1OC(C)C)-n1c(-c3ccc(C#N)cc3C)nc(C(=O)N(C)C(C)(C)C)c1CC2. The van der Waals surface area contributed by atoms with Gasteiger partial charge in [0.05, 0.1) is 36.2 Å². The van der Waals surface area contributed by atoms with Gasteiger partial charge < -0.3 is 14.4 Å². The predicted molar refractivity (Wildman–Crippen MR) is 140 cm³/mol. The summed E-state index contributed by atoms with van der Waals surface area (Å²) in [5.41, 5.74) is 5.40. The van der Waals surface area contributed by atoms with Crippen molar-refractivity contribution in [1.82, 2.24) is 14.5 Å². The standard InChI is InChI=1S/C29H34N4O3/c1-17(2)36-25-15-23-20(14-24(25)35-8)10-12-22-26(28(34)32(7)29(4,5)6)31-27(33(22)23)21-11-9-19(16-30)13-18(21)3/h9,11,13-15,17H,10,12H2,1-8H3. The normalized spacial score (nSPS) is 12.6. The first kappa shape index (κ1) is 25.3. The molecule has 1 amide bonds. The summed E-state index contributed by atoms with van der Waals surface area (Å²) in [5, 5.41) is 9.36. The first-order chi connectivity index (χ1) is 17.0. The van der Waals surface area contributed by atoms with Crippen molar-refractivity contribution in [3.8, 4) is 34.6 Å². The molecule has 7 heteroatoms. The average Bonchev–Trinajstić information content (AvgIpc) is 3.21. The van der Waals surface area contributed by atoms with Crippen LogP contribution in [0.5, 0.6) is 11.5 Å². The second-order valence-electron chi connectivity index (χ2n) is 10.5. The van der Waals surface area contributed by atoms with Gasteiger partial charge in [-0.3, -0.25) is 9.36 Å². The third kappa shape index (κ3) is 4.44. The second-order valence-corrected chi connectivity index (χ2v) is 10.5. The van der Waals surface area contributed by atoms with Crippen LogP contribution in [0.4, 0.5) is 0 Å². The number of hydrogen-bond donors (Lipinski definition) is 0. The van der Waals surface area contributed by atoms with E-state index in [2.05, 4.69) is 10.6 Å². The Morgan fingerprint density at radius 1 is 1.17 bits per heavy atom. The first-order valence-electron chi connectivity index (χ1n) is 12.2. The molecular formula is C29H34N4O3. The molecule has 0 saturated heterocycles. The van der Waals surface area contributed by atoms with Crippen LogP contribution in [0.2, 0.25) is 0 Å². The topological polar surface area (TPSA) is 80.4 Å². The number of nitriles is 1. The molecule has 3 aromatic rings. The van der Waals surface area contributed by atoms with Gasteiger partial charge in [0.1, 0.15) is 5.82 Å². The summed E-state index contributed by atoms with van der Waals surface area (Å²) < 4.78 is 13.8. The molecule has 1 aromatic heterocycles. The summed E-state index contributed by atoms with van der Waals surface area (Å²) in [6.07, 6.45) is 1.40. The zero-order valence-electron chi connectivity index (χ0n) is 22.4. The van der Waals surface area contributed by atoms with Gasteiger partial charge in [0, 0.05) is 24.2 Å². The monoisotopic (exact) mass is 486 g/mol. The molecule has 7 nitrogen and oxygen atoms in total. The second kappa shape index (κ2) is 9.34. The Kier molecular flexibility index (Phi) is 6.57. The maximum Gasteiger partial charge on any atom is 0.274 e. The molecule has 2 heterocycles. The van der Waals surface area contributed by atoms with Crippen LogP contribution in [0, 0.1) is 18.3 Å². The Morgan fingerprint density at radius 3 is 2.47 bits per heavy atom. The highest BCUT2D eigenvalue weighted by atomic mass is 16.5. The summed E-state index contributed by atoms with van der Waals surface area (Å²) in [6, 6.07) is 11.8. The molecule has 1 aliphatic rings. The molecule has 0 radical (unpaired) electrons. The Balaban J connectivity index is 2.00. The van der Waals surface area contributed by atoms with Gasteiger partial charge in [-0.05, 0) is 89.8 Å². The van der Waals surface area contributed by atoms with Crippen molar-refractivity contribution >= 4 is 5.91 Å². The lowest BCUT2D eigenvalue weighted by molar-refractivity contribution is 0.0649. The van der Waals surface area contributed by atoms with E-state index in [0.717, 1.165) is 34.5 Å². The van der Waals surface area contributed by atoms with Gasteiger partial charge in [-0.15, -0.1) is 0 Å². The van der Waals surface area contributed by atoms with Crippen LogP contribution in [0.1, 0.15) is 67.5 Å². The fraction of sp³-hybridized carbons (Fsp3) is 0.414. The summed E-state index contributed by atoms with van der Waals surface area (Å²) in [7, 11) is 3.46. The quantitative estimate of drug-likeness (QED) is 0.477. The van der Waals surface area contributed by atoms with Gasteiger partial charge in [-0.2, -0.15) is 5.26 Å². The highest BCUT2D eigenvalue weighted by Crippen LogP contribution is 2.40. The Hall–Kier alpha value is -3.79. The van der Waals surface area contributed by atoms with Crippen LogP contribution >= 0.6 is 0 Å². The average molecular weight is 487 g/mol. The maximum atomic E-state index is 13.7. The molecule has 0 unspecified atom stereocenters. The van der Waals surface area contributed by atoms with Gasteiger partial charge in [0.15, 0.2) is 17.2 Å². The molecule has 0 atom stereocenters. The highest BCUT2D eigenvalue weighted by Gasteiger charge is 2.33. The number of nitrogens with zero attached hydrogens (tertiary/aromatic N) is 4. The Labute approximate surface area is 213 Å². The number of imidazole rings is 1. The molecule has 2 aromatic carbocycles. The minimum absolute atomic E-state index is 0.0272. The molecule has 0 bridgehead atoms. The van der Waals surface area contributed by atoms with Crippen LogP contribution in [-0.2, 0) is 12.8 Å². The van der Waals surface area contributed by atoms with Crippen LogP contribution in [0.15, 0.2) is 30.3 Å².